The summed E-state index contributed by atoms with van der Waals surface area (Å²) < 4.78 is 0. The molecule has 0 aliphatic rings. The quantitative estimate of drug-likeness (QED) is 0.564. The molecule has 0 aliphatic heterocycles. The van der Waals surface area contributed by atoms with Crippen LogP contribution in [0.1, 0.15) is 21.5 Å². The first-order valence-corrected chi connectivity index (χ1v) is 7.60. The van der Waals surface area contributed by atoms with Crippen LogP contribution in [-0.2, 0) is 6.54 Å². The summed E-state index contributed by atoms with van der Waals surface area (Å²) in [5, 5.41) is 14.6. The molecule has 3 rings (SSSR count). The second kappa shape index (κ2) is 6.56. The van der Waals surface area contributed by atoms with Gasteiger partial charge < -0.3 is 10.3 Å². The van der Waals surface area contributed by atoms with Crippen molar-refractivity contribution in [2.45, 2.75) is 13.5 Å². The van der Waals surface area contributed by atoms with E-state index >= 15 is 0 Å². The highest BCUT2D eigenvalue weighted by molar-refractivity contribution is 5.98. The first-order valence-electron chi connectivity index (χ1n) is 7.60. The molecule has 2 N–H and O–H groups in total. The van der Waals surface area contributed by atoms with E-state index in [0.717, 1.165) is 10.9 Å². The number of aromatic nitrogens is 1. The average Bonchev–Trinajstić information content (AvgIpc) is 2.58. The van der Waals surface area contributed by atoms with Gasteiger partial charge >= 0.3 is 0 Å². The Bertz CT molecular complexity index is 1040. The van der Waals surface area contributed by atoms with E-state index in [1.807, 2.05) is 12.1 Å². The third kappa shape index (κ3) is 3.40. The maximum Gasteiger partial charge on any atom is 0.282 e. The van der Waals surface area contributed by atoms with Gasteiger partial charge in [0.05, 0.1) is 4.92 Å². The maximum atomic E-state index is 12.4. The molecule has 1 aromatic heterocycles. The molecule has 7 heteroatoms. The Morgan fingerprint density at radius 1 is 1.20 bits per heavy atom. The molecule has 3 aromatic rings. The topological polar surface area (TPSA) is 105 Å². The fourth-order valence-corrected chi connectivity index (χ4v) is 2.68. The molecule has 0 saturated heterocycles. The minimum absolute atomic E-state index is 0.000791. The van der Waals surface area contributed by atoms with Crippen LogP contribution < -0.4 is 10.9 Å². The Balaban J connectivity index is 1.90. The lowest BCUT2D eigenvalue weighted by molar-refractivity contribution is -0.385. The van der Waals surface area contributed by atoms with Crippen molar-refractivity contribution in [1.29, 1.82) is 0 Å². The fourth-order valence-electron chi connectivity index (χ4n) is 2.68. The number of carbonyl (C=O) groups excluding carboxylic acids is 1. The molecule has 0 spiro atoms. The summed E-state index contributed by atoms with van der Waals surface area (Å²) >= 11 is 0. The van der Waals surface area contributed by atoms with Gasteiger partial charge in [-0.2, -0.15) is 0 Å². The van der Waals surface area contributed by atoms with Gasteiger partial charge in [0, 0.05) is 29.6 Å². The summed E-state index contributed by atoms with van der Waals surface area (Å²) in [6.07, 6.45) is 0. The van der Waals surface area contributed by atoms with Gasteiger partial charge in [0.25, 0.3) is 11.6 Å². The molecule has 0 fully saturated rings. The van der Waals surface area contributed by atoms with E-state index in [2.05, 4.69) is 10.3 Å². The minimum Gasteiger partial charge on any atom is -0.348 e. The normalized spacial score (nSPS) is 10.6. The Morgan fingerprint density at radius 3 is 2.72 bits per heavy atom. The highest BCUT2D eigenvalue weighted by Gasteiger charge is 2.20. The third-order valence-corrected chi connectivity index (χ3v) is 3.87. The number of nitrogens with one attached hydrogen (secondary N) is 2. The minimum atomic E-state index is -0.586. The molecule has 7 nitrogen and oxygen atoms in total. The highest BCUT2D eigenvalue weighted by Crippen LogP contribution is 2.20. The average molecular weight is 337 g/mol. The molecule has 0 radical (unpaired) electrons. The summed E-state index contributed by atoms with van der Waals surface area (Å²) in [5.74, 6) is -0.556. The molecule has 25 heavy (non-hydrogen) atoms. The second-order valence-corrected chi connectivity index (χ2v) is 5.66. The Morgan fingerprint density at radius 2 is 1.96 bits per heavy atom. The van der Waals surface area contributed by atoms with Gasteiger partial charge in [0.2, 0.25) is 5.56 Å². The lowest BCUT2D eigenvalue weighted by atomic mass is 10.1. The Hall–Kier alpha value is -3.48. The van der Waals surface area contributed by atoms with Gasteiger partial charge in [-0.05, 0) is 30.2 Å². The molecule has 1 heterocycles. The summed E-state index contributed by atoms with van der Waals surface area (Å²) in [7, 11) is 0. The van der Waals surface area contributed by atoms with Crippen molar-refractivity contribution < 1.29 is 9.72 Å². The first-order chi connectivity index (χ1) is 12.0. The number of nitro benzene ring substituents is 1. The summed E-state index contributed by atoms with van der Waals surface area (Å²) in [5.41, 5.74) is 1.53. The lowest BCUT2D eigenvalue weighted by Crippen LogP contribution is -2.24. The van der Waals surface area contributed by atoms with Crippen LogP contribution in [0, 0.1) is 17.0 Å². The van der Waals surface area contributed by atoms with Gasteiger partial charge in [0.1, 0.15) is 5.56 Å². The summed E-state index contributed by atoms with van der Waals surface area (Å²) in [4.78, 5) is 37.4. The molecule has 0 aliphatic carbocycles. The van der Waals surface area contributed by atoms with E-state index in [1.165, 1.54) is 18.2 Å². The smallest absolute Gasteiger partial charge is 0.282 e. The number of fused-ring (bicyclic) bond motifs is 1. The third-order valence-electron chi connectivity index (χ3n) is 3.87. The van der Waals surface area contributed by atoms with Crippen molar-refractivity contribution in [2.75, 3.05) is 0 Å². The summed E-state index contributed by atoms with van der Waals surface area (Å²) in [6.45, 7) is 1.85. The van der Waals surface area contributed by atoms with E-state index in [0.29, 0.717) is 11.1 Å². The molecule has 1 amide bonds. The van der Waals surface area contributed by atoms with Crippen LogP contribution >= 0.6 is 0 Å². The number of hydrogen-bond donors (Lipinski definition) is 2. The van der Waals surface area contributed by atoms with Crippen LogP contribution in [-0.4, -0.2) is 15.8 Å². The molecule has 126 valence electrons. The number of amides is 1. The van der Waals surface area contributed by atoms with Crippen molar-refractivity contribution in [3.8, 4) is 0 Å². The predicted octanol–water partition coefficient (Wildman–Crippen LogP) is 2.67. The van der Waals surface area contributed by atoms with Crippen LogP contribution in [0.15, 0.2) is 53.3 Å². The number of carbonyl (C=O) groups is 1. The van der Waals surface area contributed by atoms with Crippen molar-refractivity contribution in [3.05, 3.63) is 85.7 Å². The SMILES string of the molecule is Cc1ccc([N+](=O)[O-])c(C(=O)NCc2cc(=O)[nH]c3ccccc23)c1. The zero-order chi connectivity index (χ0) is 18.0. The maximum absolute atomic E-state index is 12.4. The molecule has 0 saturated carbocycles. The van der Waals surface area contributed by atoms with E-state index in [4.69, 9.17) is 0 Å². The first kappa shape index (κ1) is 16.4. The largest absolute Gasteiger partial charge is 0.348 e. The number of nitrogens with zero attached hydrogens (tertiary/aromatic N) is 1. The van der Waals surface area contributed by atoms with Crippen LogP contribution in [0.25, 0.3) is 10.9 Å². The molecule has 0 unspecified atom stereocenters. The number of H-pyrrole nitrogens is 1. The van der Waals surface area contributed by atoms with Crippen molar-refractivity contribution in [3.63, 3.8) is 0 Å². The number of rotatable bonds is 4. The zero-order valence-corrected chi connectivity index (χ0v) is 13.4. The van der Waals surface area contributed by atoms with Crippen LogP contribution in [0.4, 0.5) is 5.69 Å². The Kier molecular flexibility index (Phi) is 4.30. The Labute approximate surface area is 142 Å². The van der Waals surface area contributed by atoms with Gasteiger partial charge in [-0.15, -0.1) is 0 Å². The standard InChI is InChI=1S/C18H15N3O4/c1-11-6-7-16(21(24)25)14(8-11)18(23)19-10-12-9-17(22)20-15-5-3-2-4-13(12)15/h2-9H,10H2,1H3,(H,19,23)(H,20,22). The number of aryl methyl sites for hydroxylation is 1. The lowest BCUT2D eigenvalue weighted by Gasteiger charge is -2.09. The molecular weight excluding hydrogens is 322 g/mol. The number of pyridine rings is 1. The number of nitro groups is 1. The van der Waals surface area contributed by atoms with Gasteiger partial charge in [-0.25, -0.2) is 0 Å². The van der Waals surface area contributed by atoms with E-state index in [-0.39, 0.29) is 23.4 Å². The van der Waals surface area contributed by atoms with Crippen molar-refractivity contribution in [2.24, 2.45) is 0 Å². The van der Waals surface area contributed by atoms with Crippen LogP contribution in [0.3, 0.4) is 0 Å². The van der Waals surface area contributed by atoms with Crippen LogP contribution in [0.5, 0.6) is 0 Å². The monoisotopic (exact) mass is 337 g/mol. The van der Waals surface area contributed by atoms with Crippen LogP contribution in [0.2, 0.25) is 0 Å². The highest BCUT2D eigenvalue weighted by atomic mass is 16.6. The number of aromatic amines is 1. The van der Waals surface area contributed by atoms with Gasteiger partial charge in [-0.3, -0.25) is 19.7 Å². The molecule has 2 aromatic carbocycles. The number of benzene rings is 2. The van der Waals surface area contributed by atoms with Gasteiger partial charge in [-0.1, -0.05) is 24.3 Å². The fraction of sp³-hybridized carbons (Fsp3) is 0.111. The molecule has 0 bridgehead atoms. The molecule has 0 atom stereocenters. The molecular formula is C18H15N3O4. The van der Waals surface area contributed by atoms with Crippen molar-refractivity contribution in [1.82, 2.24) is 10.3 Å². The summed E-state index contributed by atoms with van der Waals surface area (Å²) in [6, 6.07) is 13.0. The van der Waals surface area contributed by atoms with Crippen molar-refractivity contribution >= 4 is 22.5 Å². The van der Waals surface area contributed by atoms with E-state index in [9.17, 15) is 19.7 Å². The predicted molar refractivity (Wildman–Crippen MR) is 93.6 cm³/mol. The second-order valence-electron chi connectivity index (χ2n) is 5.66. The van der Waals surface area contributed by atoms with E-state index in [1.54, 1.807) is 25.1 Å². The number of hydrogen-bond acceptors (Lipinski definition) is 4. The van der Waals surface area contributed by atoms with E-state index < -0.39 is 10.8 Å². The number of para-hydroxylation sites is 1. The van der Waals surface area contributed by atoms with Gasteiger partial charge in [0.15, 0.2) is 0 Å². The zero-order valence-electron chi connectivity index (χ0n) is 13.4.